The maximum absolute atomic E-state index is 12.0. The third kappa shape index (κ3) is 5.87. The predicted octanol–water partition coefficient (Wildman–Crippen LogP) is 0.761. The summed E-state index contributed by atoms with van der Waals surface area (Å²) in [7, 11) is -2.05. The van der Waals surface area contributed by atoms with Crippen molar-refractivity contribution >= 4 is 10.0 Å². The van der Waals surface area contributed by atoms with Crippen LogP contribution in [0.2, 0.25) is 0 Å². The molecule has 6 nitrogen and oxygen atoms in total. The molecule has 0 aliphatic rings. The summed E-state index contributed by atoms with van der Waals surface area (Å²) >= 11 is 0. The molecule has 0 aromatic heterocycles. The second-order valence-electron chi connectivity index (χ2n) is 4.95. The quantitative estimate of drug-likeness (QED) is 0.693. The Morgan fingerprint density at radius 1 is 1.20 bits per heavy atom. The number of hydrogen-bond donors (Lipinski definition) is 2. The Morgan fingerprint density at radius 2 is 1.80 bits per heavy atom. The van der Waals surface area contributed by atoms with Gasteiger partial charge in [-0.2, -0.15) is 0 Å². The van der Waals surface area contributed by atoms with Crippen LogP contribution in [0.3, 0.4) is 0 Å². The second-order valence-corrected chi connectivity index (χ2v) is 6.72. The van der Waals surface area contributed by atoms with Crippen molar-refractivity contribution in [3.8, 4) is 5.75 Å². The number of nitrogens with one attached hydrogen (secondary N) is 1. The standard InChI is InChI=1S/C13H21NO5S/c1-13(2,15)10-14-20(16,17)12-6-4-11(5-7-12)19-9-8-18-3/h4-7,14-15H,8-10H2,1-3H3. The zero-order chi connectivity index (χ0) is 15.2. The monoisotopic (exact) mass is 303 g/mol. The number of benzene rings is 1. The van der Waals surface area contributed by atoms with Crippen LogP contribution in [-0.4, -0.2) is 46.0 Å². The van der Waals surface area contributed by atoms with E-state index in [1.54, 1.807) is 19.2 Å². The number of rotatable bonds is 8. The molecule has 0 atom stereocenters. The molecule has 114 valence electrons. The Balaban J connectivity index is 2.67. The zero-order valence-corrected chi connectivity index (χ0v) is 12.7. The van der Waals surface area contributed by atoms with Crippen LogP contribution in [0.5, 0.6) is 5.75 Å². The Hall–Kier alpha value is -1.15. The van der Waals surface area contributed by atoms with Crippen LogP contribution in [0.1, 0.15) is 13.8 Å². The minimum atomic E-state index is -3.63. The van der Waals surface area contributed by atoms with Crippen LogP contribution in [0, 0.1) is 0 Å². The number of sulfonamides is 1. The van der Waals surface area contributed by atoms with E-state index >= 15 is 0 Å². The third-order valence-electron chi connectivity index (χ3n) is 2.39. The summed E-state index contributed by atoms with van der Waals surface area (Å²) in [6.45, 7) is 3.87. The van der Waals surface area contributed by atoms with Crippen LogP contribution in [-0.2, 0) is 14.8 Å². The Morgan fingerprint density at radius 3 is 2.30 bits per heavy atom. The maximum Gasteiger partial charge on any atom is 0.240 e. The van der Waals surface area contributed by atoms with E-state index in [9.17, 15) is 13.5 Å². The molecule has 2 N–H and O–H groups in total. The molecular weight excluding hydrogens is 282 g/mol. The average Bonchev–Trinajstić information content (AvgIpc) is 2.37. The van der Waals surface area contributed by atoms with Gasteiger partial charge in [-0.15, -0.1) is 0 Å². The van der Waals surface area contributed by atoms with Crippen molar-refractivity contribution in [1.29, 1.82) is 0 Å². The van der Waals surface area contributed by atoms with Gasteiger partial charge >= 0.3 is 0 Å². The van der Waals surface area contributed by atoms with Crippen molar-refractivity contribution in [3.63, 3.8) is 0 Å². The number of methoxy groups -OCH3 is 1. The highest BCUT2D eigenvalue weighted by atomic mass is 32.2. The van der Waals surface area contributed by atoms with Crippen LogP contribution in [0.4, 0.5) is 0 Å². The summed E-state index contributed by atoms with van der Waals surface area (Å²) in [5, 5.41) is 9.53. The van der Waals surface area contributed by atoms with Crippen molar-refractivity contribution in [1.82, 2.24) is 4.72 Å². The second kappa shape index (κ2) is 7.03. The van der Waals surface area contributed by atoms with Gasteiger partial charge in [-0.1, -0.05) is 0 Å². The first kappa shape index (κ1) is 16.9. The van der Waals surface area contributed by atoms with E-state index in [4.69, 9.17) is 9.47 Å². The first-order valence-corrected chi connectivity index (χ1v) is 7.67. The van der Waals surface area contributed by atoms with E-state index < -0.39 is 15.6 Å². The fraction of sp³-hybridized carbons (Fsp3) is 0.538. The summed E-state index contributed by atoms with van der Waals surface area (Å²) in [6, 6.07) is 6.06. The molecule has 0 aliphatic carbocycles. The van der Waals surface area contributed by atoms with E-state index in [0.717, 1.165) is 0 Å². The Labute approximate surface area is 119 Å². The molecule has 0 radical (unpaired) electrons. The average molecular weight is 303 g/mol. The lowest BCUT2D eigenvalue weighted by Crippen LogP contribution is -2.38. The molecule has 7 heteroatoms. The topological polar surface area (TPSA) is 84.9 Å². The maximum atomic E-state index is 12.0. The van der Waals surface area contributed by atoms with Crippen molar-refractivity contribution in [3.05, 3.63) is 24.3 Å². The summed E-state index contributed by atoms with van der Waals surface area (Å²) in [5.74, 6) is 0.573. The summed E-state index contributed by atoms with van der Waals surface area (Å²) < 4.78 is 36.5. The molecule has 0 saturated carbocycles. The van der Waals surface area contributed by atoms with E-state index in [-0.39, 0.29) is 11.4 Å². The van der Waals surface area contributed by atoms with Crippen molar-refractivity contribution in [2.45, 2.75) is 24.3 Å². The van der Waals surface area contributed by atoms with Gasteiger partial charge in [0.2, 0.25) is 10.0 Å². The molecular formula is C13H21NO5S. The molecule has 1 rings (SSSR count). The molecule has 1 aromatic rings. The molecule has 0 spiro atoms. The van der Waals surface area contributed by atoms with Gasteiger partial charge in [0.1, 0.15) is 12.4 Å². The SMILES string of the molecule is COCCOc1ccc(S(=O)(=O)NCC(C)(C)O)cc1. The summed E-state index contributed by atoms with van der Waals surface area (Å²) in [4.78, 5) is 0.126. The van der Waals surface area contributed by atoms with Gasteiger partial charge in [0.15, 0.2) is 0 Å². The number of ether oxygens (including phenoxy) is 2. The van der Waals surface area contributed by atoms with Crippen LogP contribution < -0.4 is 9.46 Å². The highest BCUT2D eigenvalue weighted by molar-refractivity contribution is 7.89. The lowest BCUT2D eigenvalue weighted by Gasteiger charge is -2.17. The van der Waals surface area contributed by atoms with Crippen LogP contribution >= 0.6 is 0 Å². The minimum absolute atomic E-state index is 0.0541. The van der Waals surface area contributed by atoms with E-state index in [1.165, 1.54) is 26.0 Å². The summed E-state index contributed by atoms with van der Waals surface area (Å²) in [5.41, 5.74) is -1.10. The van der Waals surface area contributed by atoms with Crippen LogP contribution in [0.25, 0.3) is 0 Å². The third-order valence-corrected chi connectivity index (χ3v) is 3.80. The largest absolute Gasteiger partial charge is 0.491 e. The van der Waals surface area contributed by atoms with Gasteiger partial charge in [-0.3, -0.25) is 0 Å². The summed E-state index contributed by atoms with van der Waals surface area (Å²) in [6.07, 6.45) is 0. The molecule has 0 fully saturated rings. The van der Waals surface area contributed by atoms with E-state index in [1.807, 2.05) is 0 Å². The first-order chi connectivity index (χ1) is 9.24. The van der Waals surface area contributed by atoms with Crippen molar-refractivity contribution < 1.29 is 23.0 Å². The molecule has 0 amide bonds. The van der Waals surface area contributed by atoms with Gasteiger partial charge in [-0.25, -0.2) is 13.1 Å². The van der Waals surface area contributed by atoms with Gasteiger partial charge < -0.3 is 14.6 Å². The molecule has 0 aliphatic heterocycles. The van der Waals surface area contributed by atoms with Gasteiger partial charge in [0.05, 0.1) is 17.1 Å². The lowest BCUT2D eigenvalue weighted by atomic mass is 10.1. The number of aliphatic hydroxyl groups is 1. The molecule has 0 saturated heterocycles. The Kier molecular flexibility index (Phi) is 5.94. The van der Waals surface area contributed by atoms with Crippen molar-refractivity contribution in [2.24, 2.45) is 0 Å². The van der Waals surface area contributed by atoms with Crippen LogP contribution in [0.15, 0.2) is 29.2 Å². The predicted molar refractivity (Wildman–Crippen MR) is 75.3 cm³/mol. The Bertz CT molecular complexity index is 505. The fourth-order valence-corrected chi connectivity index (χ4v) is 2.52. The molecule has 0 heterocycles. The minimum Gasteiger partial charge on any atom is -0.491 e. The van der Waals surface area contributed by atoms with E-state index in [0.29, 0.717) is 19.0 Å². The van der Waals surface area contributed by atoms with Gasteiger partial charge in [0, 0.05) is 13.7 Å². The first-order valence-electron chi connectivity index (χ1n) is 6.18. The normalized spacial score (nSPS) is 12.4. The zero-order valence-electron chi connectivity index (χ0n) is 11.9. The molecule has 1 aromatic carbocycles. The highest BCUT2D eigenvalue weighted by Gasteiger charge is 2.19. The lowest BCUT2D eigenvalue weighted by molar-refractivity contribution is 0.0857. The smallest absolute Gasteiger partial charge is 0.240 e. The molecule has 0 bridgehead atoms. The van der Waals surface area contributed by atoms with Gasteiger partial charge in [0.25, 0.3) is 0 Å². The molecule has 0 unspecified atom stereocenters. The fourth-order valence-electron chi connectivity index (χ4n) is 1.31. The number of hydrogen-bond acceptors (Lipinski definition) is 5. The van der Waals surface area contributed by atoms with Gasteiger partial charge in [-0.05, 0) is 38.1 Å². The van der Waals surface area contributed by atoms with Crippen molar-refractivity contribution in [2.75, 3.05) is 26.9 Å². The van der Waals surface area contributed by atoms with E-state index in [2.05, 4.69) is 4.72 Å². The molecule has 20 heavy (non-hydrogen) atoms. The highest BCUT2D eigenvalue weighted by Crippen LogP contribution is 2.16.